The molecule has 200 valence electrons. The molecular formula is C28H25Cl2N5O4. The average molecular weight is 566 g/mol. The molecule has 0 fully saturated rings. The van der Waals surface area contributed by atoms with Crippen LogP contribution in [0.15, 0.2) is 53.6 Å². The number of carbonyl (C=O) groups is 2. The number of anilines is 2. The minimum atomic E-state index is -0.552. The molecule has 0 saturated carbocycles. The van der Waals surface area contributed by atoms with E-state index in [1.165, 1.54) is 17.0 Å². The Balaban J connectivity index is 1.42. The average Bonchev–Trinajstić information content (AvgIpc) is 2.88. The number of carbonyl (C=O) groups excluding carboxylic acids is 2. The minimum Gasteiger partial charge on any atom is -0.444 e. The number of hydrogen-bond donors (Lipinski definition) is 1. The van der Waals surface area contributed by atoms with Gasteiger partial charge >= 0.3 is 6.09 Å². The number of nitrogens with zero attached hydrogens (tertiary/aromatic N) is 4. The molecule has 0 bridgehead atoms. The van der Waals surface area contributed by atoms with Gasteiger partial charge in [0, 0.05) is 31.2 Å². The van der Waals surface area contributed by atoms with Crippen molar-refractivity contribution < 1.29 is 14.3 Å². The smallest absolute Gasteiger partial charge is 0.410 e. The fourth-order valence-electron chi connectivity index (χ4n) is 4.42. The van der Waals surface area contributed by atoms with Crippen LogP contribution in [0.5, 0.6) is 0 Å². The van der Waals surface area contributed by atoms with Crippen LogP contribution in [-0.4, -0.2) is 44.0 Å². The van der Waals surface area contributed by atoms with E-state index in [2.05, 4.69) is 15.3 Å². The van der Waals surface area contributed by atoms with E-state index in [4.69, 9.17) is 27.9 Å². The van der Waals surface area contributed by atoms with Gasteiger partial charge in [0.15, 0.2) is 6.29 Å². The summed E-state index contributed by atoms with van der Waals surface area (Å²) < 4.78 is 6.73. The third-order valence-corrected chi connectivity index (χ3v) is 6.82. The molecule has 3 heterocycles. The summed E-state index contributed by atoms with van der Waals surface area (Å²) in [6, 6.07) is 10.7. The molecule has 0 spiro atoms. The molecule has 2 aromatic heterocycles. The molecule has 0 unspecified atom stereocenters. The number of rotatable bonds is 4. The van der Waals surface area contributed by atoms with E-state index in [1.807, 2.05) is 39.0 Å². The fourth-order valence-corrected chi connectivity index (χ4v) is 5.00. The normalized spacial score (nSPS) is 13.2. The Kier molecular flexibility index (Phi) is 7.05. The molecule has 1 aliphatic heterocycles. The van der Waals surface area contributed by atoms with Crippen molar-refractivity contribution in [2.45, 2.75) is 39.3 Å². The number of amides is 1. The first kappa shape index (κ1) is 26.6. The molecule has 0 aliphatic carbocycles. The lowest BCUT2D eigenvalue weighted by atomic mass is 9.99. The van der Waals surface area contributed by atoms with E-state index >= 15 is 0 Å². The van der Waals surface area contributed by atoms with Crippen LogP contribution in [0.25, 0.3) is 16.6 Å². The maximum atomic E-state index is 13.3. The lowest BCUT2D eigenvalue weighted by Gasteiger charge is -2.31. The summed E-state index contributed by atoms with van der Waals surface area (Å²) in [4.78, 5) is 48.2. The third-order valence-electron chi connectivity index (χ3n) is 6.21. The van der Waals surface area contributed by atoms with Crippen LogP contribution in [0, 0.1) is 0 Å². The predicted molar refractivity (Wildman–Crippen MR) is 151 cm³/mol. The quantitative estimate of drug-likeness (QED) is 0.305. The van der Waals surface area contributed by atoms with Crippen molar-refractivity contribution in [2.75, 3.05) is 11.9 Å². The molecule has 0 radical (unpaired) electrons. The first-order chi connectivity index (χ1) is 18.5. The van der Waals surface area contributed by atoms with Gasteiger partial charge in [-0.1, -0.05) is 35.3 Å². The zero-order valence-corrected chi connectivity index (χ0v) is 23.0. The number of fused-ring (bicyclic) bond motifs is 2. The largest absolute Gasteiger partial charge is 0.444 e. The molecule has 9 nitrogen and oxygen atoms in total. The molecule has 11 heteroatoms. The van der Waals surface area contributed by atoms with Gasteiger partial charge in [0.05, 0.1) is 32.2 Å². The fraction of sp³-hybridized carbons (Fsp3) is 0.250. The zero-order chi connectivity index (χ0) is 27.9. The second-order valence-electron chi connectivity index (χ2n) is 10.2. The van der Waals surface area contributed by atoms with Crippen LogP contribution in [0.4, 0.5) is 16.4 Å². The Morgan fingerprint density at radius 2 is 1.87 bits per heavy atom. The highest BCUT2D eigenvalue weighted by molar-refractivity contribution is 6.37. The van der Waals surface area contributed by atoms with Crippen LogP contribution in [-0.2, 0) is 17.7 Å². The molecule has 1 amide bonds. The van der Waals surface area contributed by atoms with Gasteiger partial charge in [-0.15, -0.1) is 0 Å². The molecular weight excluding hydrogens is 541 g/mol. The summed E-state index contributed by atoms with van der Waals surface area (Å²) in [5.74, 6) is 0.227. The second-order valence-corrected chi connectivity index (χ2v) is 11.0. The van der Waals surface area contributed by atoms with Crippen molar-refractivity contribution in [1.29, 1.82) is 0 Å². The van der Waals surface area contributed by atoms with Gasteiger partial charge in [0.1, 0.15) is 5.60 Å². The van der Waals surface area contributed by atoms with Crippen molar-refractivity contribution in [3.05, 3.63) is 85.9 Å². The first-order valence-electron chi connectivity index (χ1n) is 12.2. The zero-order valence-electron chi connectivity index (χ0n) is 21.5. The number of aromatic nitrogens is 3. The molecule has 39 heavy (non-hydrogen) atoms. The number of ether oxygens (including phenoxy) is 1. The summed E-state index contributed by atoms with van der Waals surface area (Å²) >= 11 is 12.6. The minimum absolute atomic E-state index is 0.147. The van der Waals surface area contributed by atoms with Crippen molar-refractivity contribution in [3.8, 4) is 5.69 Å². The maximum Gasteiger partial charge on any atom is 0.410 e. The highest BCUT2D eigenvalue weighted by Crippen LogP contribution is 2.29. The van der Waals surface area contributed by atoms with Gasteiger partial charge in [-0.3, -0.25) is 14.2 Å². The monoisotopic (exact) mass is 565 g/mol. The molecule has 4 aromatic rings. The lowest BCUT2D eigenvalue weighted by molar-refractivity contribution is 0.0224. The second kappa shape index (κ2) is 10.3. The standard InChI is InChI=1S/C28H25Cl2N5O4/c1-28(2,3)39-27(38)34-10-9-16-11-19(8-7-17(16)13-34)32-26-31-12-20-23(33-26)18(15-36)14-35(25(20)37)24-21(29)5-4-6-22(24)30/h4-8,11-12,14-15H,9-10,13H2,1-3H3,(H,31,32,33). The predicted octanol–water partition coefficient (Wildman–Crippen LogP) is 5.94. The highest BCUT2D eigenvalue weighted by Gasteiger charge is 2.26. The van der Waals surface area contributed by atoms with Gasteiger partial charge in [-0.05, 0) is 62.6 Å². The Hall–Kier alpha value is -3.95. The SMILES string of the molecule is CC(C)(C)OC(=O)N1CCc2cc(Nc3ncc4c(=O)n(-c5c(Cl)cccc5Cl)cc(C=O)c4n3)ccc2C1. The molecule has 0 atom stereocenters. The van der Waals surface area contributed by atoms with Crippen LogP contribution in [0.2, 0.25) is 10.0 Å². The van der Waals surface area contributed by atoms with Crippen LogP contribution in [0.3, 0.4) is 0 Å². The molecule has 2 aromatic carbocycles. The van der Waals surface area contributed by atoms with Gasteiger partial charge in [-0.2, -0.15) is 0 Å². The maximum absolute atomic E-state index is 13.3. The van der Waals surface area contributed by atoms with Crippen molar-refractivity contribution in [3.63, 3.8) is 0 Å². The molecule has 5 rings (SSSR count). The Bertz CT molecular complexity index is 1660. The number of nitrogens with one attached hydrogen (secondary N) is 1. The van der Waals surface area contributed by atoms with E-state index in [1.54, 1.807) is 23.1 Å². The van der Waals surface area contributed by atoms with Gasteiger partial charge in [-0.25, -0.2) is 14.8 Å². The number of hydrogen-bond acceptors (Lipinski definition) is 7. The van der Waals surface area contributed by atoms with Crippen LogP contribution in [0.1, 0.15) is 42.3 Å². The van der Waals surface area contributed by atoms with E-state index in [-0.39, 0.29) is 44.2 Å². The molecule has 1 N–H and O–H groups in total. The number of benzene rings is 2. The Morgan fingerprint density at radius 1 is 1.13 bits per heavy atom. The first-order valence-corrected chi connectivity index (χ1v) is 13.0. The number of halogens is 2. The summed E-state index contributed by atoms with van der Waals surface area (Å²) in [5.41, 5.74) is 2.51. The lowest BCUT2D eigenvalue weighted by Crippen LogP contribution is -2.39. The molecule has 1 aliphatic rings. The number of para-hydroxylation sites is 1. The summed E-state index contributed by atoms with van der Waals surface area (Å²) in [7, 11) is 0. The summed E-state index contributed by atoms with van der Waals surface area (Å²) in [6.45, 7) is 6.54. The Labute approximate surface area is 234 Å². The van der Waals surface area contributed by atoms with E-state index in [0.717, 1.165) is 16.8 Å². The van der Waals surface area contributed by atoms with Gasteiger partial charge in [0.25, 0.3) is 5.56 Å². The van der Waals surface area contributed by atoms with Crippen molar-refractivity contribution in [1.82, 2.24) is 19.4 Å². The number of aldehydes is 1. The Morgan fingerprint density at radius 3 is 2.56 bits per heavy atom. The van der Waals surface area contributed by atoms with Crippen molar-refractivity contribution in [2.24, 2.45) is 0 Å². The third kappa shape index (κ3) is 5.46. The van der Waals surface area contributed by atoms with Crippen molar-refractivity contribution >= 4 is 58.1 Å². The van der Waals surface area contributed by atoms with E-state index in [0.29, 0.717) is 25.8 Å². The van der Waals surface area contributed by atoms with E-state index in [9.17, 15) is 14.4 Å². The van der Waals surface area contributed by atoms with Crippen LogP contribution >= 0.6 is 23.2 Å². The summed E-state index contributed by atoms with van der Waals surface area (Å²) in [5, 5.41) is 3.83. The summed E-state index contributed by atoms with van der Waals surface area (Å²) in [6.07, 6.45) is 3.70. The van der Waals surface area contributed by atoms with E-state index < -0.39 is 11.2 Å². The topological polar surface area (TPSA) is 106 Å². The molecule has 0 saturated heterocycles. The van der Waals surface area contributed by atoms with Gasteiger partial charge in [0.2, 0.25) is 5.95 Å². The number of pyridine rings is 1. The van der Waals surface area contributed by atoms with Crippen LogP contribution < -0.4 is 10.9 Å². The highest BCUT2D eigenvalue weighted by atomic mass is 35.5. The van der Waals surface area contributed by atoms with Gasteiger partial charge < -0.3 is 15.0 Å².